The van der Waals surface area contributed by atoms with E-state index in [9.17, 15) is 13.6 Å². The van der Waals surface area contributed by atoms with E-state index < -0.39 is 11.6 Å². The smallest absolute Gasteiger partial charge is 0.177 e. The van der Waals surface area contributed by atoms with Crippen molar-refractivity contribution in [2.45, 2.75) is 6.42 Å². The van der Waals surface area contributed by atoms with Gasteiger partial charge in [-0.1, -0.05) is 17.7 Å². The van der Waals surface area contributed by atoms with Crippen LogP contribution >= 0.6 is 38.9 Å². The van der Waals surface area contributed by atoms with Crippen LogP contribution in [0.2, 0.25) is 4.34 Å². The third-order valence-corrected chi connectivity index (χ3v) is 4.80. The van der Waals surface area contributed by atoms with Gasteiger partial charge in [-0.25, -0.2) is 8.78 Å². The predicted molar refractivity (Wildman–Crippen MR) is 71.4 cm³/mol. The summed E-state index contributed by atoms with van der Waals surface area (Å²) >= 11 is 10.1. The molecule has 1 aromatic carbocycles. The highest BCUT2D eigenvalue weighted by Gasteiger charge is 2.15. The molecule has 1 heterocycles. The number of thiophene rings is 1. The van der Waals surface area contributed by atoms with Crippen LogP contribution in [0.25, 0.3) is 0 Å². The Balaban J connectivity index is 2.21. The molecule has 0 aliphatic carbocycles. The number of carbonyl (C=O) groups excluding carboxylic acids is 1. The lowest BCUT2D eigenvalue weighted by Crippen LogP contribution is -2.03. The molecule has 1 aromatic heterocycles. The summed E-state index contributed by atoms with van der Waals surface area (Å²) in [5, 5.41) is 0. The number of halogens is 4. The van der Waals surface area contributed by atoms with E-state index in [2.05, 4.69) is 15.9 Å². The second kappa shape index (κ2) is 5.47. The van der Waals surface area contributed by atoms with Crippen LogP contribution < -0.4 is 0 Å². The minimum absolute atomic E-state index is 0.116. The van der Waals surface area contributed by atoms with E-state index in [1.54, 1.807) is 6.07 Å². The van der Waals surface area contributed by atoms with Gasteiger partial charge in [-0.2, -0.15) is 0 Å². The van der Waals surface area contributed by atoms with E-state index in [0.29, 0.717) is 13.7 Å². The van der Waals surface area contributed by atoms with Crippen LogP contribution in [-0.4, -0.2) is 5.78 Å². The maximum Gasteiger partial charge on any atom is 0.177 e. The van der Waals surface area contributed by atoms with Gasteiger partial charge >= 0.3 is 0 Å². The standard InChI is InChI=1S/C12H6BrClF2OS/c13-8-5-11(18-12(8)14)10(17)3-6-1-2-7(15)4-9(6)16/h1-2,4-5H,3H2. The Bertz CT molecular complexity index is 593. The van der Waals surface area contributed by atoms with Crippen molar-refractivity contribution in [3.8, 4) is 0 Å². The molecule has 0 bridgehead atoms. The van der Waals surface area contributed by atoms with Crippen molar-refractivity contribution in [3.05, 3.63) is 55.1 Å². The molecule has 0 unspecified atom stereocenters. The Morgan fingerprint density at radius 3 is 2.61 bits per heavy atom. The lowest BCUT2D eigenvalue weighted by molar-refractivity contribution is 0.0995. The SMILES string of the molecule is O=C(Cc1ccc(F)cc1F)c1cc(Br)c(Cl)s1. The van der Waals surface area contributed by atoms with Crippen LogP contribution in [0.5, 0.6) is 0 Å². The molecule has 2 aromatic rings. The molecule has 0 saturated heterocycles. The Morgan fingerprint density at radius 1 is 1.33 bits per heavy atom. The van der Waals surface area contributed by atoms with Gasteiger partial charge in [0.15, 0.2) is 5.78 Å². The van der Waals surface area contributed by atoms with Crippen LogP contribution in [0.1, 0.15) is 15.2 Å². The number of ketones is 1. The van der Waals surface area contributed by atoms with Crippen molar-refractivity contribution < 1.29 is 13.6 Å². The highest BCUT2D eigenvalue weighted by Crippen LogP contribution is 2.32. The van der Waals surface area contributed by atoms with Crippen molar-refractivity contribution in [3.63, 3.8) is 0 Å². The molecular formula is C12H6BrClF2OS. The first-order valence-electron chi connectivity index (χ1n) is 4.89. The second-order valence-electron chi connectivity index (χ2n) is 3.57. The summed E-state index contributed by atoms with van der Waals surface area (Å²) < 4.78 is 27.2. The van der Waals surface area contributed by atoms with Crippen molar-refractivity contribution in [1.29, 1.82) is 0 Å². The highest BCUT2D eigenvalue weighted by molar-refractivity contribution is 9.10. The molecule has 0 fully saturated rings. The minimum Gasteiger partial charge on any atom is -0.293 e. The number of hydrogen-bond acceptors (Lipinski definition) is 2. The highest BCUT2D eigenvalue weighted by atomic mass is 79.9. The molecule has 0 atom stereocenters. The summed E-state index contributed by atoms with van der Waals surface area (Å²) in [6, 6.07) is 4.76. The zero-order chi connectivity index (χ0) is 13.3. The fourth-order valence-corrected chi connectivity index (χ4v) is 3.05. The van der Waals surface area contributed by atoms with Gasteiger partial charge in [-0.3, -0.25) is 4.79 Å². The van der Waals surface area contributed by atoms with E-state index in [1.165, 1.54) is 6.07 Å². The fraction of sp³-hybridized carbons (Fsp3) is 0.0833. The molecule has 18 heavy (non-hydrogen) atoms. The van der Waals surface area contributed by atoms with Gasteiger partial charge in [0.2, 0.25) is 0 Å². The molecule has 0 aliphatic heterocycles. The average Bonchev–Trinajstić information content (AvgIpc) is 2.63. The van der Waals surface area contributed by atoms with Crippen molar-refractivity contribution >= 4 is 44.7 Å². The number of hydrogen-bond donors (Lipinski definition) is 0. The minimum atomic E-state index is -0.718. The molecule has 0 amide bonds. The average molecular weight is 352 g/mol. The Kier molecular flexibility index (Phi) is 4.14. The maximum atomic E-state index is 13.4. The quantitative estimate of drug-likeness (QED) is 0.721. The van der Waals surface area contributed by atoms with E-state index in [-0.39, 0.29) is 17.8 Å². The summed E-state index contributed by atoms with van der Waals surface area (Å²) in [5.41, 5.74) is 0.169. The van der Waals surface area contributed by atoms with Crippen molar-refractivity contribution in [1.82, 2.24) is 0 Å². The zero-order valence-corrected chi connectivity index (χ0v) is 12.0. The van der Waals surface area contributed by atoms with Crippen LogP contribution in [0.15, 0.2) is 28.7 Å². The monoisotopic (exact) mass is 350 g/mol. The number of benzene rings is 1. The van der Waals surface area contributed by atoms with Gasteiger partial charge in [0.05, 0.1) is 4.88 Å². The normalized spacial score (nSPS) is 10.7. The summed E-state index contributed by atoms with van der Waals surface area (Å²) in [6.45, 7) is 0. The maximum absolute atomic E-state index is 13.4. The van der Waals surface area contributed by atoms with E-state index >= 15 is 0 Å². The van der Waals surface area contributed by atoms with Crippen molar-refractivity contribution in [2.24, 2.45) is 0 Å². The summed E-state index contributed by atoms with van der Waals surface area (Å²) in [5.74, 6) is -1.63. The molecule has 6 heteroatoms. The van der Waals surface area contributed by atoms with Gasteiger partial charge in [0.1, 0.15) is 16.0 Å². The number of rotatable bonds is 3. The van der Waals surface area contributed by atoms with Crippen LogP contribution in [0, 0.1) is 11.6 Å². The number of carbonyl (C=O) groups is 1. The Morgan fingerprint density at radius 2 is 2.06 bits per heavy atom. The molecular weight excluding hydrogens is 346 g/mol. The first-order valence-corrected chi connectivity index (χ1v) is 6.88. The largest absolute Gasteiger partial charge is 0.293 e. The molecule has 94 valence electrons. The lowest BCUT2D eigenvalue weighted by Gasteiger charge is -2.01. The summed E-state index contributed by atoms with van der Waals surface area (Å²) in [4.78, 5) is 12.3. The van der Waals surface area contributed by atoms with Crippen LogP contribution in [-0.2, 0) is 6.42 Å². The van der Waals surface area contributed by atoms with Crippen LogP contribution in [0.3, 0.4) is 0 Å². The van der Waals surface area contributed by atoms with E-state index in [0.717, 1.165) is 23.5 Å². The predicted octanol–water partition coefficient (Wildman–Crippen LogP) is 4.87. The Labute approximate surface area is 120 Å². The van der Waals surface area contributed by atoms with Crippen LogP contribution in [0.4, 0.5) is 8.78 Å². The van der Waals surface area contributed by atoms with Gasteiger partial charge < -0.3 is 0 Å². The number of Topliss-reactive ketones (excluding diaryl/α,β-unsaturated/α-hetero) is 1. The van der Waals surface area contributed by atoms with E-state index in [4.69, 9.17) is 11.6 Å². The molecule has 0 radical (unpaired) electrons. The molecule has 0 N–H and O–H groups in total. The first-order chi connectivity index (χ1) is 8.47. The molecule has 1 nitrogen and oxygen atoms in total. The van der Waals surface area contributed by atoms with Gasteiger partial charge in [-0.15, -0.1) is 11.3 Å². The topological polar surface area (TPSA) is 17.1 Å². The Hall–Kier alpha value is -0.780. The van der Waals surface area contributed by atoms with Gasteiger partial charge in [-0.05, 0) is 33.6 Å². The fourth-order valence-electron chi connectivity index (χ4n) is 1.41. The van der Waals surface area contributed by atoms with Gasteiger partial charge in [0, 0.05) is 17.0 Å². The summed E-state index contributed by atoms with van der Waals surface area (Å²) in [6.07, 6.45) is -0.116. The third kappa shape index (κ3) is 2.96. The summed E-state index contributed by atoms with van der Waals surface area (Å²) in [7, 11) is 0. The molecule has 0 saturated carbocycles. The van der Waals surface area contributed by atoms with E-state index in [1.807, 2.05) is 0 Å². The lowest BCUT2D eigenvalue weighted by atomic mass is 10.1. The zero-order valence-electron chi connectivity index (χ0n) is 8.84. The second-order valence-corrected chi connectivity index (χ2v) is 6.08. The first kappa shape index (κ1) is 13.6. The molecule has 2 rings (SSSR count). The van der Waals surface area contributed by atoms with Gasteiger partial charge in [0.25, 0.3) is 0 Å². The molecule has 0 aliphatic rings. The van der Waals surface area contributed by atoms with Crippen molar-refractivity contribution in [2.75, 3.05) is 0 Å². The molecule has 0 spiro atoms. The third-order valence-electron chi connectivity index (χ3n) is 2.29.